The van der Waals surface area contributed by atoms with Crippen LogP contribution in [0.25, 0.3) is 11.0 Å². The Morgan fingerprint density at radius 3 is 2.43 bits per heavy atom. The Hall–Kier alpha value is -3.91. The highest BCUT2D eigenvalue weighted by molar-refractivity contribution is 5.78. The molecule has 4 aromatic rings. The molecule has 1 fully saturated rings. The fraction of sp³-hybridized carbons (Fsp3) is 0.310. The van der Waals surface area contributed by atoms with Gasteiger partial charge in [0.05, 0.1) is 17.6 Å². The zero-order chi connectivity index (χ0) is 25.6. The number of rotatable bonds is 10. The third-order valence-corrected chi connectivity index (χ3v) is 6.85. The van der Waals surface area contributed by atoms with Crippen LogP contribution >= 0.6 is 0 Å². The summed E-state index contributed by atoms with van der Waals surface area (Å²) in [6.07, 6.45) is 3.04. The van der Waals surface area contributed by atoms with Crippen LogP contribution in [0.1, 0.15) is 24.0 Å². The normalized spacial score (nSPS) is 14.6. The zero-order valence-electron chi connectivity index (χ0n) is 20.8. The van der Waals surface area contributed by atoms with E-state index in [2.05, 4.69) is 20.9 Å². The van der Waals surface area contributed by atoms with Crippen molar-refractivity contribution in [3.63, 3.8) is 0 Å². The summed E-state index contributed by atoms with van der Waals surface area (Å²) in [5.74, 6) is 0.810. The van der Waals surface area contributed by atoms with Crippen molar-refractivity contribution in [2.45, 2.75) is 31.8 Å². The molecule has 0 atom stereocenters. The largest absolute Gasteiger partial charge is 0.484 e. The number of benzene rings is 3. The van der Waals surface area contributed by atoms with Crippen LogP contribution in [-0.4, -0.2) is 52.6 Å². The summed E-state index contributed by atoms with van der Waals surface area (Å²) < 4.78 is 20.9. The number of anilines is 1. The number of imidazole rings is 1. The molecule has 3 N–H and O–H groups in total. The number of amides is 1. The molecule has 3 aromatic carbocycles. The van der Waals surface area contributed by atoms with Crippen LogP contribution in [0.15, 0.2) is 72.8 Å². The minimum Gasteiger partial charge on any atom is -0.484 e. The first-order valence-electron chi connectivity index (χ1n) is 12.7. The van der Waals surface area contributed by atoms with E-state index in [0.29, 0.717) is 18.3 Å². The van der Waals surface area contributed by atoms with Crippen LogP contribution in [-0.2, 0) is 17.8 Å². The number of nitrogens with two attached hydrogens (primary N) is 1. The summed E-state index contributed by atoms with van der Waals surface area (Å²) in [6.45, 7) is 3.57. The predicted octanol–water partition coefficient (Wildman–Crippen LogP) is 4.21. The number of fused-ring (bicyclic) bond motifs is 1. The Morgan fingerprint density at radius 2 is 1.70 bits per heavy atom. The van der Waals surface area contributed by atoms with Crippen LogP contribution in [0.3, 0.4) is 0 Å². The zero-order valence-corrected chi connectivity index (χ0v) is 20.8. The summed E-state index contributed by atoms with van der Waals surface area (Å²) in [5.41, 5.74) is 9.42. The maximum Gasteiger partial charge on any atom is 0.255 e. The second kappa shape index (κ2) is 11.4. The van der Waals surface area contributed by atoms with Crippen molar-refractivity contribution >= 4 is 22.9 Å². The number of hydrogen-bond acceptors (Lipinski definition) is 5. The number of piperidine rings is 1. The van der Waals surface area contributed by atoms with Gasteiger partial charge >= 0.3 is 0 Å². The van der Waals surface area contributed by atoms with E-state index in [1.165, 1.54) is 17.7 Å². The first-order chi connectivity index (χ1) is 18.0. The molecule has 1 aliphatic rings. The monoisotopic (exact) mass is 501 g/mol. The summed E-state index contributed by atoms with van der Waals surface area (Å²) in [6, 6.07) is 23.0. The first kappa shape index (κ1) is 24.8. The Kier molecular flexibility index (Phi) is 7.65. The highest BCUT2D eigenvalue weighted by Crippen LogP contribution is 2.24. The van der Waals surface area contributed by atoms with Gasteiger partial charge in [-0.1, -0.05) is 36.4 Å². The number of aromatic nitrogens is 2. The molecule has 0 aliphatic carbocycles. The van der Waals surface area contributed by atoms with Gasteiger partial charge in [0.2, 0.25) is 5.95 Å². The molecule has 1 amide bonds. The fourth-order valence-electron chi connectivity index (χ4n) is 4.80. The quantitative estimate of drug-likeness (QED) is 0.340. The van der Waals surface area contributed by atoms with Gasteiger partial charge in [-0.3, -0.25) is 4.79 Å². The molecular weight excluding hydrogens is 469 g/mol. The maximum absolute atomic E-state index is 13.4. The van der Waals surface area contributed by atoms with Gasteiger partial charge < -0.3 is 25.3 Å². The number of carbonyl (C=O) groups is 1. The maximum atomic E-state index is 13.4. The van der Waals surface area contributed by atoms with Crippen LogP contribution in [0.5, 0.6) is 5.75 Å². The topological polar surface area (TPSA) is 85.4 Å². The molecule has 0 saturated carbocycles. The number of likely N-dealkylation sites (tertiary alicyclic amines) is 1. The standard InChI is InChI=1S/C29H32FN5O2/c30-23-9-5-22(6-10-23)19-35-27-4-2-1-3-26(27)33-29(35)32-24-14-17-34(18-15-24)16-13-21-7-11-25(12-8-21)37-20-28(31)36/h1-12,24H,13-20H2,(H2,31,36)(H,32,33). The average Bonchev–Trinajstić information content (AvgIpc) is 3.25. The van der Waals surface area contributed by atoms with E-state index >= 15 is 0 Å². The Bertz CT molecular complexity index is 1330. The lowest BCUT2D eigenvalue weighted by Gasteiger charge is -2.32. The molecule has 0 unspecified atom stereocenters. The van der Waals surface area contributed by atoms with Gasteiger partial charge in [0.25, 0.3) is 5.91 Å². The highest BCUT2D eigenvalue weighted by Gasteiger charge is 2.21. The lowest BCUT2D eigenvalue weighted by Crippen LogP contribution is -2.40. The summed E-state index contributed by atoms with van der Waals surface area (Å²) in [5, 5.41) is 3.70. The SMILES string of the molecule is NC(=O)COc1ccc(CCN2CCC(Nc3nc4ccccc4n3Cc3ccc(F)cc3)CC2)cc1. The van der Waals surface area contributed by atoms with Crippen molar-refractivity contribution in [1.29, 1.82) is 0 Å². The average molecular weight is 502 g/mol. The van der Waals surface area contributed by atoms with E-state index in [1.54, 1.807) is 0 Å². The third kappa shape index (κ3) is 6.46. The van der Waals surface area contributed by atoms with E-state index in [9.17, 15) is 9.18 Å². The number of primary amides is 1. The van der Waals surface area contributed by atoms with E-state index in [1.807, 2.05) is 54.6 Å². The van der Waals surface area contributed by atoms with Crippen LogP contribution in [0, 0.1) is 5.82 Å². The van der Waals surface area contributed by atoms with Crippen molar-refractivity contribution in [1.82, 2.24) is 14.5 Å². The van der Waals surface area contributed by atoms with Gasteiger partial charge in [0.15, 0.2) is 6.61 Å². The summed E-state index contributed by atoms with van der Waals surface area (Å²) in [4.78, 5) is 18.2. The summed E-state index contributed by atoms with van der Waals surface area (Å²) in [7, 11) is 0. The number of ether oxygens (including phenoxy) is 1. The highest BCUT2D eigenvalue weighted by atomic mass is 19.1. The molecule has 2 heterocycles. The van der Waals surface area contributed by atoms with E-state index in [-0.39, 0.29) is 12.4 Å². The molecule has 192 valence electrons. The lowest BCUT2D eigenvalue weighted by molar-refractivity contribution is -0.119. The van der Waals surface area contributed by atoms with Crippen molar-refractivity contribution in [2.24, 2.45) is 5.73 Å². The van der Waals surface area contributed by atoms with Crippen LogP contribution < -0.4 is 15.8 Å². The van der Waals surface area contributed by atoms with E-state index < -0.39 is 5.91 Å². The minimum absolute atomic E-state index is 0.106. The van der Waals surface area contributed by atoms with Crippen molar-refractivity contribution in [3.05, 3.63) is 89.7 Å². The Morgan fingerprint density at radius 1 is 1.00 bits per heavy atom. The number of para-hydroxylation sites is 2. The van der Waals surface area contributed by atoms with Gasteiger partial charge in [-0.15, -0.1) is 0 Å². The molecule has 0 spiro atoms. The number of carbonyl (C=O) groups excluding carboxylic acids is 1. The van der Waals surface area contributed by atoms with Crippen molar-refractivity contribution in [3.8, 4) is 5.75 Å². The molecule has 5 rings (SSSR count). The number of nitrogens with zero attached hydrogens (tertiary/aromatic N) is 3. The van der Waals surface area contributed by atoms with E-state index in [4.69, 9.17) is 15.5 Å². The second-order valence-corrected chi connectivity index (χ2v) is 9.55. The minimum atomic E-state index is -0.480. The van der Waals surface area contributed by atoms with Crippen LogP contribution in [0.2, 0.25) is 0 Å². The molecule has 8 heteroatoms. The first-order valence-corrected chi connectivity index (χ1v) is 12.7. The number of nitrogens with one attached hydrogen (secondary N) is 1. The van der Waals surface area contributed by atoms with Gasteiger partial charge in [0, 0.05) is 25.7 Å². The van der Waals surface area contributed by atoms with Gasteiger partial charge in [-0.2, -0.15) is 0 Å². The molecule has 37 heavy (non-hydrogen) atoms. The molecule has 1 aromatic heterocycles. The number of halogens is 1. The van der Waals surface area contributed by atoms with E-state index in [0.717, 1.165) is 61.4 Å². The fourth-order valence-corrected chi connectivity index (χ4v) is 4.80. The molecule has 0 radical (unpaired) electrons. The second-order valence-electron chi connectivity index (χ2n) is 9.55. The molecule has 1 aliphatic heterocycles. The Balaban J connectivity index is 1.16. The number of hydrogen-bond donors (Lipinski definition) is 2. The van der Waals surface area contributed by atoms with Crippen LogP contribution in [0.4, 0.5) is 10.3 Å². The summed E-state index contributed by atoms with van der Waals surface area (Å²) >= 11 is 0. The molecule has 0 bridgehead atoms. The van der Waals surface area contributed by atoms with Crippen molar-refractivity contribution < 1.29 is 13.9 Å². The molecular formula is C29H32FN5O2. The van der Waals surface area contributed by atoms with Gasteiger partial charge in [0.1, 0.15) is 11.6 Å². The van der Waals surface area contributed by atoms with Crippen molar-refractivity contribution in [2.75, 3.05) is 31.6 Å². The third-order valence-electron chi connectivity index (χ3n) is 6.85. The Labute approximate surface area is 216 Å². The molecule has 7 nitrogen and oxygen atoms in total. The lowest BCUT2D eigenvalue weighted by atomic mass is 10.0. The smallest absolute Gasteiger partial charge is 0.255 e. The van der Waals surface area contributed by atoms with Gasteiger partial charge in [-0.05, 0) is 66.8 Å². The predicted molar refractivity (Wildman–Crippen MR) is 143 cm³/mol. The van der Waals surface area contributed by atoms with Gasteiger partial charge in [-0.25, -0.2) is 9.37 Å². The molecule has 1 saturated heterocycles.